The van der Waals surface area contributed by atoms with E-state index in [2.05, 4.69) is 16.1 Å². The predicted molar refractivity (Wildman–Crippen MR) is 111 cm³/mol. The maximum Gasteiger partial charge on any atom is 0.321 e. The molecule has 3 rings (SSSR count). The summed E-state index contributed by atoms with van der Waals surface area (Å²) in [6, 6.07) is 12.4. The van der Waals surface area contributed by atoms with Crippen LogP contribution >= 0.6 is 0 Å². The molecule has 1 aliphatic rings. The number of rotatable bonds is 4. The zero-order valence-corrected chi connectivity index (χ0v) is 17.3. The average Bonchev–Trinajstić information content (AvgIpc) is 2.61. The maximum absolute atomic E-state index is 12.5. The third-order valence-electron chi connectivity index (χ3n) is 4.91. The summed E-state index contributed by atoms with van der Waals surface area (Å²) < 4.78 is 27.8. The molecule has 1 aliphatic heterocycles. The van der Waals surface area contributed by atoms with Gasteiger partial charge in [0.25, 0.3) is 0 Å². The Morgan fingerprint density at radius 3 is 2.07 bits per heavy atom. The van der Waals surface area contributed by atoms with E-state index in [9.17, 15) is 13.2 Å². The van der Waals surface area contributed by atoms with Crippen LogP contribution in [0.15, 0.2) is 47.4 Å². The molecule has 2 aromatic carbocycles. The Morgan fingerprint density at radius 2 is 1.50 bits per heavy atom. The Hall–Kier alpha value is -2.38. The topological polar surface area (TPSA) is 78.5 Å². The van der Waals surface area contributed by atoms with Gasteiger partial charge in [-0.15, -0.1) is 0 Å². The van der Waals surface area contributed by atoms with Gasteiger partial charge in [0.05, 0.1) is 4.90 Å². The molecule has 2 amide bonds. The van der Waals surface area contributed by atoms with Crippen LogP contribution in [-0.4, -0.2) is 38.5 Å². The number of nitrogens with zero attached hydrogens (tertiary/aromatic N) is 1. The first-order chi connectivity index (χ1) is 13.2. The second-order valence-electron chi connectivity index (χ2n) is 7.50. The van der Waals surface area contributed by atoms with Gasteiger partial charge >= 0.3 is 6.03 Å². The van der Waals surface area contributed by atoms with Gasteiger partial charge in [-0.2, -0.15) is 0 Å². The molecule has 2 aromatic rings. The summed E-state index contributed by atoms with van der Waals surface area (Å²) in [5.74, 6) is 0. The smallest absolute Gasteiger partial charge is 0.321 e. The summed E-state index contributed by atoms with van der Waals surface area (Å²) in [4.78, 5) is 14.5. The highest BCUT2D eigenvalue weighted by molar-refractivity contribution is 7.89. The van der Waals surface area contributed by atoms with E-state index in [1.54, 1.807) is 29.2 Å². The first-order valence-electron chi connectivity index (χ1n) is 9.46. The van der Waals surface area contributed by atoms with Crippen LogP contribution in [0.25, 0.3) is 0 Å². The van der Waals surface area contributed by atoms with Crippen LogP contribution in [0.4, 0.5) is 10.5 Å². The standard InChI is InChI=1S/C21H27N3O3S/c1-15-4-6-20(7-5-15)28(26,27)23-18-8-10-24(11-9-18)21(25)22-19-13-16(2)12-17(3)14-19/h4-7,12-14,18,23H,8-11H2,1-3H3,(H,22,25). The number of urea groups is 1. The van der Waals surface area contributed by atoms with Gasteiger partial charge in [0, 0.05) is 24.8 Å². The molecular formula is C21H27N3O3S. The molecule has 1 heterocycles. The van der Waals surface area contributed by atoms with Gasteiger partial charge < -0.3 is 10.2 Å². The van der Waals surface area contributed by atoms with Gasteiger partial charge in [-0.3, -0.25) is 0 Å². The lowest BCUT2D eigenvalue weighted by Gasteiger charge is -2.32. The lowest BCUT2D eigenvalue weighted by Crippen LogP contribution is -2.47. The quantitative estimate of drug-likeness (QED) is 0.822. The fourth-order valence-electron chi connectivity index (χ4n) is 3.45. The summed E-state index contributed by atoms with van der Waals surface area (Å²) in [7, 11) is -3.54. The second-order valence-corrected chi connectivity index (χ2v) is 9.22. The number of hydrogen-bond donors (Lipinski definition) is 2. The van der Waals surface area contributed by atoms with Crippen molar-refractivity contribution in [1.82, 2.24) is 9.62 Å². The molecule has 0 unspecified atom stereocenters. The van der Waals surface area contributed by atoms with Gasteiger partial charge in [-0.1, -0.05) is 23.8 Å². The molecule has 28 heavy (non-hydrogen) atoms. The van der Waals surface area contributed by atoms with Crippen molar-refractivity contribution in [3.05, 3.63) is 59.2 Å². The molecule has 0 aromatic heterocycles. The maximum atomic E-state index is 12.5. The minimum atomic E-state index is -3.54. The van der Waals surface area contributed by atoms with E-state index in [-0.39, 0.29) is 17.0 Å². The highest BCUT2D eigenvalue weighted by Gasteiger charge is 2.26. The van der Waals surface area contributed by atoms with Crippen LogP contribution in [0, 0.1) is 20.8 Å². The molecule has 0 aliphatic carbocycles. The molecule has 0 spiro atoms. The summed E-state index contributed by atoms with van der Waals surface area (Å²) in [6.45, 7) is 6.93. The molecule has 0 radical (unpaired) electrons. The Labute approximate surface area is 167 Å². The van der Waals surface area contributed by atoms with Crippen LogP contribution in [-0.2, 0) is 10.0 Å². The average molecular weight is 402 g/mol. The normalized spacial score (nSPS) is 15.5. The van der Waals surface area contributed by atoms with E-state index in [1.165, 1.54) is 0 Å². The number of nitrogens with one attached hydrogen (secondary N) is 2. The van der Waals surface area contributed by atoms with Crippen LogP contribution in [0.1, 0.15) is 29.5 Å². The highest BCUT2D eigenvalue weighted by Crippen LogP contribution is 2.18. The monoisotopic (exact) mass is 401 g/mol. The molecule has 150 valence electrons. The van der Waals surface area contributed by atoms with Crippen LogP contribution in [0.3, 0.4) is 0 Å². The van der Waals surface area contributed by atoms with Gasteiger partial charge in [0.15, 0.2) is 0 Å². The summed E-state index contributed by atoms with van der Waals surface area (Å²) in [5.41, 5.74) is 3.99. The zero-order valence-electron chi connectivity index (χ0n) is 16.5. The molecule has 1 saturated heterocycles. The van der Waals surface area contributed by atoms with Crippen molar-refractivity contribution in [2.45, 2.75) is 44.6 Å². The number of hydrogen-bond acceptors (Lipinski definition) is 3. The Bertz CT molecular complexity index is 927. The Balaban J connectivity index is 1.55. The van der Waals surface area contributed by atoms with Crippen molar-refractivity contribution in [3.8, 4) is 0 Å². The number of carbonyl (C=O) groups is 1. The summed E-state index contributed by atoms with van der Waals surface area (Å²) in [6.07, 6.45) is 1.18. The largest absolute Gasteiger partial charge is 0.324 e. The first-order valence-corrected chi connectivity index (χ1v) is 10.9. The molecule has 0 saturated carbocycles. The number of sulfonamides is 1. The Morgan fingerprint density at radius 1 is 0.929 bits per heavy atom. The lowest BCUT2D eigenvalue weighted by molar-refractivity contribution is 0.193. The number of benzene rings is 2. The summed E-state index contributed by atoms with van der Waals surface area (Å²) in [5, 5.41) is 2.94. The lowest BCUT2D eigenvalue weighted by atomic mass is 10.1. The fourth-order valence-corrected chi connectivity index (χ4v) is 4.76. The minimum absolute atomic E-state index is 0.148. The predicted octanol–water partition coefficient (Wildman–Crippen LogP) is 3.59. The number of piperidine rings is 1. The van der Waals surface area contributed by atoms with Crippen molar-refractivity contribution in [1.29, 1.82) is 0 Å². The van der Waals surface area contributed by atoms with Gasteiger partial charge in [-0.05, 0) is 69.0 Å². The van der Waals surface area contributed by atoms with E-state index >= 15 is 0 Å². The SMILES string of the molecule is Cc1ccc(S(=O)(=O)NC2CCN(C(=O)Nc3cc(C)cc(C)c3)CC2)cc1. The zero-order chi connectivity index (χ0) is 20.3. The molecule has 0 atom stereocenters. The number of aryl methyl sites for hydroxylation is 3. The van der Waals surface area contributed by atoms with Gasteiger partial charge in [0.2, 0.25) is 10.0 Å². The molecule has 7 heteroatoms. The van der Waals surface area contributed by atoms with E-state index in [1.807, 2.05) is 32.9 Å². The van der Waals surface area contributed by atoms with Crippen LogP contribution in [0.2, 0.25) is 0 Å². The molecule has 0 bridgehead atoms. The van der Waals surface area contributed by atoms with E-state index in [0.29, 0.717) is 25.9 Å². The fraction of sp³-hybridized carbons (Fsp3) is 0.381. The van der Waals surface area contributed by atoms with E-state index in [0.717, 1.165) is 22.4 Å². The summed E-state index contributed by atoms with van der Waals surface area (Å²) >= 11 is 0. The molecule has 2 N–H and O–H groups in total. The van der Waals surface area contributed by atoms with Crippen LogP contribution < -0.4 is 10.0 Å². The number of carbonyl (C=O) groups excluding carboxylic acids is 1. The highest BCUT2D eigenvalue weighted by atomic mass is 32.2. The third-order valence-corrected chi connectivity index (χ3v) is 6.44. The van der Waals surface area contributed by atoms with Crippen molar-refractivity contribution in [3.63, 3.8) is 0 Å². The molecular weight excluding hydrogens is 374 g/mol. The second kappa shape index (κ2) is 8.32. The third kappa shape index (κ3) is 5.11. The number of anilines is 1. The van der Waals surface area contributed by atoms with Crippen molar-refractivity contribution in [2.24, 2.45) is 0 Å². The Kier molecular flexibility index (Phi) is 6.05. The van der Waals surface area contributed by atoms with E-state index in [4.69, 9.17) is 0 Å². The van der Waals surface area contributed by atoms with Gasteiger partial charge in [0.1, 0.15) is 0 Å². The first kappa shape index (κ1) is 20.4. The molecule has 1 fully saturated rings. The molecule has 6 nitrogen and oxygen atoms in total. The van der Waals surface area contributed by atoms with Gasteiger partial charge in [-0.25, -0.2) is 17.9 Å². The van der Waals surface area contributed by atoms with Crippen molar-refractivity contribution in [2.75, 3.05) is 18.4 Å². The van der Waals surface area contributed by atoms with Crippen molar-refractivity contribution >= 4 is 21.7 Å². The minimum Gasteiger partial charge on any atom is -0.324 e. The van der Waals surface area contributed by atoms with E-state index < -0.39 is 10.0 Å². The van der Waals surface area contributed by atoms with Crippen molar-refractivity contribution < 1.29 is 13.2 Å². The number of likely N-dealkylation sites (tertiary alicyclic amines) is 1. The number of amides is 2. The van der Waals surface area contributed by atoms with Crippen LogP contribution in [0.5, 0.6) is 0 Å².